The number of thioether (sulfide) groups is 1. The van der Waals surface area contributed by atoms with E-state index in [1.807, 2.05) is 23.6 Å². The number of imide groups is 1. The first kappa shape index (κ1) is 20.9. The van der Waals surface area contributed by atoms with Crippen LogP contribution in [0.15, 0.2) is 64.5 Å². The fourth-order valence-corrected chi connectivity index (χ4v) is 4.60. The normalized spacial score (nSPS) is 17.7. The molecule has 0 spiro atoms. The fourth-order valence-electron chi connectivity index (χ4n) is 3.01. The van der Waals surface area contributed by atoms with E-state index in [2.05, 4.69) is 10.7 Å². The Bertz CT molecular complexity index is 1080. The van der Waals surface area contributed by atoms with Crippen molar-refractivity contribution in [3.05, 3.63) is 69.4 Å². The van der Waals surface area contributed by atoms with Crippen LogP contribution in [0.3, 0.4) is 0 Å². The minimum absolute atomic E-state index is 0.0623. The third-order valence-electron chi connectivity index (χ3n) is 4.53. The molecule has 2 aromatic rings. The highest BCUT2D eigenvalue weighted by Crippen LogP contribution is 2.32. The fraction of sp³-hybridized carbons (Fsp3) is 0.143. The van der Waals surface area contributed by atoms with Gasteiger partial charge in [-0.2, -0.15) is 0 Å². The number of carbonyl (C=O) groups excluding carboxylic acids is 4. The summed E-state index contributed by atoms with van der Waals surface area (Å²) in [6.45, 7) is 0.161. The van der Waals surface area contributed by atoms with Crippen LogP contribution in [-0.4, -0.2) is 41.0 Å². The Morgan fingerprint density at radius 1 is 1.13 bits per heavy atom. The minimum Gasteiger partial charge on any atom is -0.349 e. The summed E-state index contributed by atoms with van der Waals surface area (Å²) in [5.74, 6) is -0.971. The number of hydrogen-bond donors (Lipinski definition) is 2. The van der Waals surface area contributed by atoms with Crippen molar-refractivity contribution in [3.8, 4) is 0 Å². The van der Waals surface area contributed by atoms with Gasteiger partial charge in [0.25, 0.3) is 17.1 Å². The molecule has 4 rings (SSSR count). The molecule has 3 heterocycles. The first-order chi connectivity index (χ1) is 15.0. The summed E-state index contributed by atoms with van der Waals surface area (Å²) in [5, 5.41) is 5.54. The summed E-state index contributed by atoms with van der Waals surface area (Å²) in [5.41, 5.74) is 3.68. The molecule has 0 bridgehead atoms. The summed E-state index contributed by atoms with van der Waals surface area (Å²) in [4.78, 5) is 51.7. The molecule has 0 saturated carbocycles. The van der Waals surface area contributed by atoms with Crippen LogP contribution in [-0.2, 0) is 14.4 Å². The number of anilines is 1. The maximum Gasteiger partial charge on any atom is 0.293 e. The van der Waals surface area contributed by atoms with Crippen LogP contribution in [0.1, 0.15) is 11.3 Å². The summed E-state index contributed by atoms with van der Waals surface area (Å²) < 4.78 is 0. The average molecular weight is 455 g/mol. The van der Waals surface area contributed by atoms with Crippen molar-refractivity contribution in [2.24, 2.45) is 0 Å². The maximum absolute atomic E-state index is 12.5. The second-order valence-electron chi connectivity index (χ2n) is 6.60. The topological polar surface area (TPSA) is 98.8 Å². The first-order valence-corrected chi connectivity index (χ1v) is 11.1. The number of nitrogens with zero attached hydrogens (tertiary/aromatic N) is 2. The Hall–Kier alpha value is -3.37. The van der Waals surface area contributed by atoms with Crippen LogP contribution in [0.5, 0.6) is 0 Å². The van der Waals surface area contributed by atoms with Gasteiger partial charge in [-0.15, -0.1) is 11.3 Å². The lowest BCUT2D eigenvalue weighted by Gasteiger charge is -2.28. The van der Waals surface area contributed by atoms with Gasteiger partial charge in [0.05, 0.1) is 10.6 Å². The molecule has 158 valence electrons. The van der Waals surface area contributed by atoms with Gasteiger partial charge in [-0.1, -0.05) is 24.3 Å². The lowest BCUT2D eigenvalue weighted by Crippen LogP contribution is -2.49. The lowest BCUT2D eigenvalue weighted by atomic mass is 10.2. The molecule has 10 heteroatoms. The number of amides is 4. The number of benzene rings is 1. The van der Waals surface area contributed by atoms with Crippen molar-refractivity contribution in [2.75, 3.05) is 18.1 Å². The molecule has 8 nitrogen and oxygen atoms in total. The Kier molecular flexibility index (Phi) is 6.19. The van der Waals surface area contributed by atoms with E-state index in [1.54, 1.807) is 30.3 Å². The lowest BCUT2D eigenvalue weighted by molar-refractivity contribution is -0.124. The second-order valence-corrected chi connectivity index (χ2v) is 8.58. The molecule has 31 heavy (non-hydrogen) atoms. The molecular weight excluding hydrogens is 436 g/mol. The van der Waals surface area contributed by atoms with E-state index >= 15 is 0 Å². The van der Waals surface area contributed by atoms with Gasteiger partial charge in [0.1, 0.15) is 5.70 Å². The van der Waals surface area contributed by atoms with Crippen molar-refractivity contribution in [3.63, 3.8) is 0 Å². The number of hydrazine groups is 1. The molecule has 1 aromatic heterocycles. The number of para-hydroxylation sites is 1. The molecule has 0 aliphatic carbocycles. The molecule has 2 aliphatic rings. The highest BCUT2D eigenvalue weighted by atomic mass is 32.2. The predicted molar refractivity (Wildman–Crippen MR) is 120 cm³/mol. The molecule has 1 saturated heterocycles. The Morgan fingerprint density at radius 3 is 2.68 bits per heavy atom. The molecule has 0 atom stereocenters. The van der Waals surface area contributed by atoms with Gasteiger partial charge in [-0.25, -0.2) is 5.01 Å². The van der Waals surface area contributed by atoms with E-state index in [1.165, 1.54) is 22.4 Å². The van der Waals surface area contributed by atoms with Gasteiger partial charge in [-0.05, 0) is 47.5 Å². The molecular formula is C21H18N4O4S2. The Balaban J connectivity index is 1.32. The van der Waals surface area contributed by atoms with Gasteiger partial charge in [-0.3, -0.25) is 29.5 Å². The summed E-state index contributed by atoms with van der Waals surface area (Å²) >= 11 is 2.37. The van der Waals surface area contributed by atoms with Crippen molar-refractivity contribution in [1.82, 2.24) is 15.6 Å². The summed E-state index contributed by atoms with van der Waals surface area (Å²) in [6, 6.07) is 12.7. The number of rotatable bonds is 6. The van der Waals surface area contributed by atoms with Gasteiger partial charge < -0.3 is 5.32 Å². The maximum atomic E-state index is 12.5. The van der Waals surface area contributed by atoms with Crippen LogP contribution in [0.4, 0.5) is 10.5 Å². The zero-order chi connectivity index (χ0) is 21.8. The van der Waals surface area contributed by atoms with Gasteiger partial charge in [0.2, 0.25) is 5.91 Å². The monoisotopic (exact) mass is 454 g/mol. The van der Waals surface area contributed by atoms with Gasteiger partial charge >= 0.3 is 0 Å². The van der Waals surface area contributed by atoms with Crippen molar-refractivity contribution >= 4 is 57.8 Å². The van der Waals surface area contributed by atoms with Crippen LogP contribution >= 0.6 is 23.1 Å². The average Bonchev–Trinajstić information content (AvgIpc) is 3.38. The quantitative estimate of drug-likeness (QED) is 0.652. The molecule has 0 unspecified atom stereocenters. The summed E-state index contributed by atoms with van der Waals surface area (Å²) in [7, 11) is 0. The van der Waals surface area contributed by atoms with E-state index in [0.717, 1.165) is 21.5 Å². The summed E-state index contributed by atoms with van der Waals surface area (Å²) in [6.07, 6.45) is 3.29. The highest BCUT2D eigenvalue weighted by molar-refractivity contribution is 8.18. The van der Waals surface area contributed by atoms with E-state index in [9.17, 15) is 19.2 Å². The van der Waals surface area contributed by atoms with E-state index in [0.29, 0.717) is 10.6 Å². The number of thiophene rings is 1. The molecule has 0 radical (unpaired) electrons. The first-order valence-electron chi connectivity index (χ1n) is 9.45. The third-order valence-corrected chi connectivity index (χ3v) is 6.26. The Morgan fingerprint density at radius 2 is 1.94 bits per heavy atom. The van der Waals surface area contributed by atoms with Crippen molar-refractivity contribution in [1.29, 1.82) is 0 Å². The Labute approximate surface area is 186 Å². The third kappa shape index (κ3) is 4.70. The molecule has 1 fully saturated rings. The number of nitrogens with one attached hydrogen (secondary N) is 2. The van der Waals surface area contributed by atoms with E-state index < -0.39 is 5.91 Å². The van der Waals surface area contributed by atoms with E-state index in [4.69, 9.17) is 0 Å². The zero-order valence-corrected chi connectivity index (χ0v) is 17.9. The predicted octanol–water partition coefficient (Wildman–Crippen LogP) is 2.73. The van der Waals surface area contributed by atoms with Crippen molar-refractivity contribution in [2.45, 2.75) is 6.42 Å². The smallest absolute Gasteiger partial charge is 0.293 e. The van der Waals surface area contributed by atoms with Crippen LogP contribution < -0.4 is 15.8 Å². The van der Waals surface area contributed by atoms with Crippen molar-refractivity contribution < 1.29 is 19.2 Å². The second kappa shape index (κ2) is 9.19. The van der Waals surface area contributed by atoms with Gasteiger partial charge in [0.15, 0.2) is 0 Å². The SMILES string of the molecule is O=C(NCCN1C(=O)SC(=Cc2cccs2)C1=O)C1=CCC(=O)N(c2ccccc2)N1. The standard InChI is InChI=1S/C21H18N4O4S2/c26-18-9-8-16(23-25(18)14-5-2-1-3-6-14)19(27)22-10-11-24-20(28)17(31-21(24)29)13-15-7-4-12-30-15/h1-8,12-13,23H,9-11H2,(H,22,27). The molecule has 2 aliphatic heterocycles. The molecule has 2 N–H and O–H groups in total. The number of hydrogen-bond acceptors (Lipinski definition) is 7. The van der Waals surface area contributed by atoms with E-state index in [-0.39, 0.29) is 42.3 Å². The molecule has 4 amide bonds. The largest absolute Gasteiger partial charge is 0.349 e. The molecule has 1 aromatic carbocycles. The zero-order valence-electron chi connectivity index (χ0n) is 16.2. The highest BCUT2D eigenvalue weighted by Gasteiger charge is 2.35. The van der Waals surface area contributed by atoms with Gasteiger partial charge in [0, 0.05) is 24.4 Å². The number of carbonyl (C=O) groups is 4. The minimum atomic E-state index is -0.422. The van der Waals surface area contributed by atoms with Crippen LogP contribution in [0.2, 0.25) is 0 Å². The van der Waals surface area contributed by atoms with Crippen LogP contribution in [0, 0.1) is 0 Å². The van der Waals surface area contributed by atoms with Crippen LogP contribution in [0.25, 0.3) is 6.08 Å².